The van der Waals surface area contributed by atoms with Crippen molar-refractivity contribution in [2.45, 2.75) is 38.1 Å². The predicted octanol–water partition coefficient (Wildman–Crippen LogP) is 1.93. The van der Waals surface area contributed by atoms with Crippen LogP contribution in [0.5, 0.6) is 0 Å². The molecule has 3 nitrogen and oxygen atoms in total. The Hall–Kier alpha value is -0.770. The smallest absolute Gasteiger partial charge is 0.267 e. The Bertz CT molecular complexity index is 319. The molecule has 2 amide bonds. The summed E-state index contributed by atoms with van der Waals surface area (Å²) in [7, 11) is 0. The summed E-state index contributed by atoms with van der Waals surface area (Å²) in [5, 5.41) is 0. The van der Waals surface area contributed by atoms with Gasteiger partial charge in [0.05, 0.1) is 4.91 Å². The first kappa shape index (κ1) is 10.7. The van der Waals surface area contributed by atoms with Gasteiger partial charge < -0.3 is 0 Å². The van der Waals surface area contributed by atoms with Crippen molar-refractivity contribution in [2.24, 2.45) is 0 Å². The molecule has 1 aliphatic carbocycles. The van der Waals surface area contributed by atoms with Gasteiger partial charge in [-0.3, -0.25) is 14.5 Å². The Morgan fingerprint density at radius 1 is 1.27 bits per heavy atom. The largest absolute Gasteiger partial charge is 0.271 e. The molecule has 0 radical (unpaired) electrons. The quantitative estimate of drug-likeness (QED) is 0.674. The van der Waals surface area contributed by atoms with Gasteiger partial charge >= 0.3 is 0 Å². The molecule has 0 spiro atoms. The van der Waals surface area contributed by atoms with Crippen LogP contribution in [-0.4, -0.2) is 29.0 Å². The highest BCUT2D eigenvalue weighted by atomic mass is 32.2. The van der Waals surface area contributed by atoms with Crippen LogP contribution < -0.4 is 0 Å². The molecule has 0 bridgehead atoms. The molecule has 1 saturated carbocycles. The van der Waals surface area contributed by atoms with Crippen molar-refractivity contribution in [1.29, 1.82) is 0 Å². The van der Waals surface area contributed by atoms with E-state index in [0.717, 1.165) is 25.7 Å². The van der Waals surface area contributed by atoms with Gasteiger partial charge in [-0.1, -0.05) is 19.3 Å². The summed E-state index contributed by atoms with van der Waals surface area (Å²) < 4.78 is 0. The normalized spacial score (nSPS) is 23.5. The van der Waals surface area contributed by atoms with Crippen molar-refractivity contribution in [3.05, 3.63) is 11.0 Å². The molecule has 4 heteroatoms. The molecule has 2 aliphatic rings. The van der Waals surface area contributed by atoms with E-state index in [1.54, 1.807) is 0 Å². The van der Waals surface area contributed by atoms with Crippen molar-refractivity contribution < 1.29 is 9.59 Å². The molecule has 15 heavy (non-hydrogen) atoms. The summed E-state index contributed by atoms with van der Waals surface area (Å²) in [4.78, 5) is 25.6. The Balaban J connectivity index is 2.11. The molecule has 0 atom stereocenters. The number of carbonyl (C=O) groups excluding carboxylic acids is 2. The van der Waals surface area contributed by atoms with Crippen molar-refractivity contribution in [2.75, 3.05) is 6.26 Å². The molecule has 0 aromatic rings. The summed E-state index contributed by atoms with van der Waals surface area (Å²) in [6.45, 7) is 0. The van der Waals surface area contributed by atoms with Crippen LogP contribution in [0.15, 0.2) is 11.0 Å². The van der Waals surface area contributed by atoms with E-state index in [2.05, 4.69) is 0 Å². The second-order valence-corrected chi connectivity index (χ2v) is 4.87. The summed E-state index contributed by atoms with van der Waals surface area (Å²) in [6, 6.07) is 0.152. The molecule has 0 unspecified atom stereocenters. The average molecular weight is 225 g/mol. The third kappa shape index (κ3) is 1.95. The highest BCUT2D eigenvalue weighted by Crippen LogP contribution is 2.29. The molecule has 0 N–H and O–H groups in total. The van der Waals surface area contributed by atoms with Gasteiger partial charge in [-0.25, -0.2) is 0 Å². The zero-order chi connectivity index (χ0) is 10.8. The molecule has 1 fully saturated rings. The van der Waals surface area contributed by atoms with E-state index in [-0.39, 0.29) is 17.9 Å². The molecule has 0 aromatic carbocycles. The predicted molar refractivity (Wildman–Crippen MR) is 60.3 cm³/mol. The molecule has 82 valence electrons. The van der Waals surface area contributed by atoms with Crippen LogP contribution in [0, 0.1) is 0 Å². The number of nitrogens with zero attached hydrogens (tertiary/aromatic N) is 1. The Morgan fingerprint density at radius 3 is 2.47 bits per heavy atom. The standard InChI is InChI=1S/C11H15NO2S/c1-15-9-7-10(13)12(11(9)14)8-5-3-2-4-6-8/h7-8H,2-6H2,1H3. The van der Waals surface area contributed by atoms with Crippen molar-refractivity contribution in [1.82, 2.24) is 4.90 Å². The van der Waals surface area contributed by atoms with Gasteiger partial charge in [-0.2, -0.15) is 0 Å². The van der Waals surface area contributed by atoms with Crippen molar-refractivity contribution in [3.63, 3.8) is 0 Å². The van der Waals surface area contributed by atoms with Crippen LogP contribution in [0.25, 0.3) is 0 Å². The van der Waals surface area contributed by atoms with Gasteiger partial charge in [0.15, 0.2) is 0 Å². The topological polar surface area (TPSA) is 37.4 Å². The van der Waals surface area contributed by atoms with Gasteiger partial charge in [0.1, 0.15) is 0 Å². The molecular formula is C11H15NO2S. The number of rotatable bonds is 2. The highest BCUT2D eigenvalue weighted by molar-refractivity contribution is 8.03. The fraction of sp³-hybridized carbons (Fsp3) is 0.636. The third-order valence-electron chi connectivity index (χ3n) is 3.08. The van der Waals surface area contributed by atoms with Crippen molar-refractivity contribution >= 4 is 23.6 Å². The summed E-state index contributed by atoms with van der Waals surface area (Å²) in [5.74, 6) is -0.198. The molecule has 2 rings (SSSR count). The zero-order valence-corrected chi connectivity index (χ0v) is 9.68. The molecule has 1 heterocycles. The minimum Gasteiger partial charge on any atom is -0.271 e. The van der Waals surface area contributed by atoms with E-state index in [4.69, 9.17) is 0 Å². The first-order valence-electron chi connectivity index (χ1n) is 5.37. The van der Waals surface area contributed by atoms with E-state index < -0.39 is 0 Å². The van der Waals surface area contributed by atoms with E-state index >= 15 is 0 Å². The maximum absolute atomic E-state index is 11.9. The monoisotopic (exact) mass is 225 g/mol. The molecule has 0 aromatic heterocycles. The van der Waals surface area contributed by atoms with E-state index in [9.17, 15) is 9.59 Å². The van der Waals surface area contributed by atoms with E-state index in [0.29, 0.717) is 4.91 Å². The minimum atomic E-state index is -0.115. The fourth-order valence-corrected chi connectivity index (χ4v) is 2.79. The molecular weight excluding hydrogens is 210 g/mol. The van der Waals surface area contributed by atoms with Crippen LogP contribution in [0.2, 0.25) is 0 Å². The van der Waals surface area contributed by atoms with Gasteiger partial charge in [0.25, 0.3) is 11.8 Å². The minimum absolute atomic E-state index is 0.0839. The lowest BCUT2D eigenvalue weighted by Crippen LogP contribution is -2.41. The Kier molecular flexibility index (Phi) is 3.14. The van der Waals surface area contributed by atoms with Crippen molar-refractivity contribution in [3.8, 4) is 0 Å². The molecule has 0 saturated heterocycles. The Morgan fingerprint density at radius 2 is 1.93 bits per heavy atom. The van der Waals surface area contributed by atoms with Gasteiger partial charge in [-0.05, 0) is 19.1 Å². The summed E-state index contributed by atoms with van der Waals surface area (Å²) >= 11 is 1.36. The number of carbonyl (C=O) groups is 2. The highest BCUT2D eigenvalue weighted by Gasteiger charge is 2.36. The zero-order valence-electron chi connectivity index (χ0n) is 8.86. The maximum atomic E-state index is 11.9. The van der Waals surface area contributed by atoms with Crippen LogP contribution in [0.1, 0.15) is 32.1 Å². The SMILES string of the molecule is CSC1=CC(=O)N(C2CCCCC2)C1=O. The number of thioether (sulfide) groups is 1. The first-order valence-corrected chi connectivity index (χ1v) is 6.59. The van der Waals surface area contributed by atoms with Crippen LogP contribution in [-0.2, 0) is 9.59 Å². The number of hydrogen-bond donors (Lipinski definition) is 0. The second kappa shape index (κ2) is 4.39. The summed E-state index contributed by atoms with van der Waals surface area (Å²) in [5.41, 5.74) is 0. The number of amides is 2. The van der Waals surface area contributed by atoms with Crippen LogP contribution >= 0.6 is 11.8 Å². The van der Waals surface area contributed by atoms with E-state index in [1.807, 2.05) is 6.26 Å². The third-order valence-corrected chi connectivity index (χ3v) is 3.81. The van der Waals surface area contributed by atoms with Gasteiger partial charge in [0, 0.05) is 12.1 Å². The summed E-state index contributed by atoms with van der Waals surface area (Å²) in [6.07, 6.45) is 8.77. The van der Waals surface area contributed by atoms with E-state index in [1.165, 1.54) is 29.2 Å². The van der Waals surface area contributed by atoms with Gasteiger partial charge in [0.2, 0.25) is 0 Å². The van der Waals surface area contributed by atoms with Gasteiger partial charge in [-0.15, -0.1) is 11.8 Å². The lowest BCUT2D eigenvalue weighted by Gasteiger charge is -2.29. The average Bonchev–Trinajstić information content (AvgIpc) is 2.55. The Labute approximate surface area is 93.9 Å². The lowest BCUT2D eigenvalue weighted by molar-refractivity contribution is -0.140. The van der Waals surface area contributed by atoms with Crippen LogP contribution in [0.4, 0.5) is 0 Å². The van der Waals surface area contributed by atoms with Crippen LogP contribution in [0.3, 0.4) is 0 Å². The maximum Gasteiger partial charge on any atom is 0.267 e. The molecule has 1 aliphatic heterocycles. The lowest BCUT2D eigenvalue weighted by atomic mass is 9.94. The fourth-order valence-electron chi connectivity index (χ4n) is 2.29. The second-order valence-electron chi connectivity index (χ2n) is 4.02. The number of hydrogen-bond acceptors (Lipinski definition) is 3. The first-order chi connectivity index (χ1) is 7.24. The number of imide groups is 1.